The van der Waals surface area contributed by atoms with Crippen LogP contribution < -0.4 is 9.47 Å². The van der Waals surface area contributed by atoms with Crippen molar-refractivity contribution in [2.24, 2.45) is 23.7 Å². The second-order valence-electron chi connectivity index (χ2n) is 12.0. The molecule has 2 saturated carbocycles. The Morgan fingerprint density at radius 2 is 1.08 bits per heavy atom. The molecule has 0 saturated heterocycles. The van der Waals surface area contributed by atoms with E-state index in [4.69, 9.17) is 9.47 Å². The van der Waals surface area contributed by atoms with Gasteiger partial charge in [0.15, 0.2) is 0 Å². The minimum absolute atomic E-state index is 0.000617. The van der Waals surface area contributed by atoms with Crippen LogP contribution in [0.15, 0.2) is 48.5 Å². The zero-order valence-corrected chi connectivity index (χ0v) is 24.2. The van der Waals surface area contributed by atoms with Gasteiger partial charge in [-0.05, 0) is 118 Å². The van der Waals surface area contributed by atoms with E-state index in [1.165, 1.54) is 43.2 Å². The van der Waals surface area contributed by atoms with Crippen molar-refractivity contribution in [2.75, 3.05) is 0 Å². The van der Waals surface area contributed by atoms with Gasteiger partial charge in [-0.25, -0.2) is 0 Å². The molecule has 0 unspecified atom stereocenters. The minimum Gasteiger partial charge on any atom is -0.426 e. The topological polar surface area (TPSA) is 52.6 Å². The number of ether oxygens (including phenoxy) is 2. The maximum atomic E-state index is 12.8. The summed E-state index contributed by atoms with van der Waals surface area (Å²) in [5.41, 5.74) is 2.83. The van der Waals surface area contributed by atoms with Gasteiger partial charge in [-0.15, -0.1) is 0 Å². The molecule has 2 aromatic rings. The van der Waals surface area contributed by atoms with E-state index in [0.717, 1.165) is 70.1 Å². The lowest BCUT2D eigenvalue weighted by molar-refractivity contribution is -0.141. The Bertz CT molecular complexity index is 1010. The molecule has 0 bridgehead atoms. The molecule has 4 heteroatoms. The Kier molecular flexibility index (Phi) is 11.5. The lowest BCUT2D eigenvalue weighted by Crippen LogP contribution is -2.26. The first kappa shape index (κ1) is 29.4. The van der Waals surface area contributed by atoms with Crippen molar-refractivity contribution in [3.05, 3.63) is 59.7 Å². The molecule has 4 rings (SSSR count). The van der Waals surface area contributed by atoms with Gasteiger partial charge in [0.1, 0.15) is 11.5 Å². The lowest BCUT2D eigenvalue weighted by Gasteiger charge is -2.27. The Morgan fingerprint density at radius 3 is 1.56 bits per heavy atom. The van der Waals surface area contributed by atoms with Crippen LogP contribution in [-0.2, 0) is 22.4 Å². The summed E-state index contributed by atoms with van der Waals surface area (Å²) < 4.78 is 11.3. The number of benzene rings is 2. The molecule has 0 aliphatic heterocycles. The maximum absolute atomic E-state index is 12.8. The normalized spacial score (nSPS) is 23.2. The van der Waals surface area contributed by atoms with Crippen LogP contribution in [0.3, 0.4) is 0 Å². The van der Waals surface area contributed by atoms with Gasteiger partial charge in [-0.3, -0.25) is 9.59 Å². The van der Waals surface area contributed by atoms with Crippen LogP contribution in [0.4, 0.5) is 0 Å². The predicted molar refractivity (Wildman–Crippen MR) is 157 cm³/mol. The second kappa shape index (κ2) is 15.2. The highest BCUT2D eigenvalue weighted by Gasteiger charge is 2.29. The zero-order chi connectivity index (χ0) is 27.5. The van der Waals surface area contributed by atoms with Crippen molar-refractivity contribution in [3.8, 4) is 11.5 Å². The molecule has 2 aromatic carbocycles. The standard InChI is InChI=1S/C35H48O4/c1-3-5-7-26-9-11-28(12-10-26)25-29-15-19-31(20-16-29)35(37)39-33-23-21-32(22-24-33)38-34(36)30-17-13-27(14-18-30)8-6-4-2/h9-12,21-24,27,29-31H,3-8,13-20,25H2,1-2H3. The second-order valence-corrected chi connectivity index (χ2v) is 12.0. The molecular formula is C35H48O4. The van der Waals surface area contributed by atoms with E-state index in [1.807, 2.05) is 0 Å². The molecule has 0 N–H and O–H groups in total. The van der Waals surface area contributed by atoms with Gasteiger partial charge in [-0.2, -0.15) is 0 Å². The van der Waals surface area contributed by atoms with Crippen LogP contribution >= 0.6 is 0 Å². The summed E-state index contributed by atoms with van der Waals surface area (Å²) in [4.78, 5) is 25.5. The van der Waals surface area contributed by atoms with Crippen LogP contribution in [0.2, 0.25) is 0 Å². The van der Waals surface area contributed by atoms with E-state index in [0.29, 0.717) is 17.4 Å². The molecule has 0 heterocycles. The minimum atomic E-state index is -0.140. The summed E-state index contributed by atoms with van der Waals surface area (Å²) >= 11 is 0. The van der Waals surface area contributed by atoms with E-state index >= 15 is 0 Å². The summed E-state index contributed by atoms with van der Waals surface area (Å²) in [5.74, 6) is 2.13. The summed E-state index contributed by atoms with van der Waals surface area (Å²) in [6, 6.07) is 16.1. The van der Waals surface area contributed by atoms with Gasteiger partial charge >= 0.3 is 11.9 Å². The average Bonchev–Trinajstić information content (AvgIpc) is 2.97. The third-order valence-electron chi connectivity index (χ3n) is 8.95. The van der Waals surface area contributed by atoms with Crippen LogP contribution in [0, 0.1) is 23.7 Å². The Morgan fingerprint density at radius 1 is 0.615 bits per heavy atom. The van der Waals surface area contributed by atoms with Gasteiger partial charge in [0.05, 0.1) is 11.8 Å². The van der Waals surface area contributed by atoms with E-state index in [1.54, 1.807) is 24.3 Å². The highest BCUT2D eigenvalue weighted by Crippen LogP contribution is 2.34. The summed E-state index contributed by atoms with van der Waals surface area (Å²) in [6.07, 6.45) is 16.5. The number of carbonyl (C=O) groups is 2. The molecule has 4 nitrogen and oxygen atoms in total. The fraction of sp³-hybridized carbons (Fsp3) is 0.600. The first-order chi connectivity index (χ1) is 19.0. The molecule has 0 amide bonds. The van der Waals surface area contributed by atoms with Crippen molar-refractivity contribution in [1.82, 2.24) is 0 Å². The van der Waals surface area contributed by atoms with E-state index in [-0.39, 0.29) is 23.8 Å². The van der Waals surface area contributed by atoms with Gasteiger partial charge in [-0.1, -0.05) is 63.8 Å². The Hall–Kier alpha value is -2.62. The van der Waals surface area contributed by atoms with E-state index in [9.17, 15) is 9.59 Å². The number of unbranched alkanes of at least 4 members (excludes halogenated alkanes) is 2. The molecule has 0 aromatic heterocycles. The van der Waals surface area contributed by atoms with Crippen molar-refractivity contribution < 1.29 is 19.1 Å². The quantitative estimate of drug-likeness (QED) is 0.202. The number of esters is 2. The molecule has 2 aliphatic carbocycles. The largest absolute Gasteiger partial charge is 0.426 e. The SMILES string of the molecule is CCCCc1ccc(CC2CCC(C(=O)Oc3ccc(OC(=O)C4CCC(CCCC)CC4)cc3)CC2)cc1. The number of aryl methyl sites for hydroxylation is 1. The molecule has 0 atom stereocenters. The van der Waals surface area contributed by atoms with Crippen LogP contribution in [0.1, 0.15) is 108 Å². The highest BCUT2D eigenvalue weighted by molar-refractivity contribution is 5.76. The number of rotatable bonds is 12. The molecule has 212 valence electrons. The summed E-state index contributed by atoms with van der Waals surface area (Å²) in [5, 5.41) is 0. The zero-order valence-electron chi connectivity index (χ0n) is 24.2. The number of carbonyl (C=O) groups excluding carboxylic acids is 2. The van der Waals surface area contributed by atoms with Crippen LogP contribution in [-0.4, -0.2) is 11.9 Å². The average molecular weight is 533 g/mol. The molecule has 0 radical (unpaired) electrons. The molecule has 39 heavy (non-hydrogen) atoms. The van der Waals surface area contributed by atoms with Crippen molar-refractivity contribution in [3.63, 3.8) is 0 Å². The van der Waals surface area contributed by atoms with Crippen LogP contribution in [0.5, 0.6) is 11.5 Å². The van der Waals surface area contributed by atoms with Gasteiger partial charge in [0.2, 0.25) is 0 Å². The monoisotopic (exact) mass is 532 g/mol. The maximum Gasteiger partial charge on any atom is 0.314 e. The predicted octanol–water partition coefficient (Wildman–Crippen LogP) is 8.89. The number of hydrogen-bond acceptors (Lipinski definition) is 4. The smallest absolute Gasteiger partial charge is 0.314 e. The lowest BCUT2D eigenvalue weighted by atomic mass is 9.79. The Balaban J connectivity index is 1.16. The van der Waals surface area contributed by atoms with E-state index < -0.39 is 0 Å². The third-order valence-corrected chi connectivity index (χ3v) is 8.95. The molecule has 2 aliphatic rings. The summed E-state index contributed by atoms with van der Waals surface area (Å²) in [6.45, 7) is 4.46. The Labute approximate surface area is 235 Å². The van der Waals surface area contributed by atoms with Crippen LogP contribution in [0.25, 0.3) is 0 Å². The van der Waals surface area contributed by atoms with Gasteiger partial charge in [0.25, 0.3) is 0 Å². The highest BCUT2D eigenvalue weighted by atomic mass is 16.5. The van der Waals surface area contributed by atoms with Crippen molar-refractivity contribution >= 4 is 11.9 Å². The molecule has 2 fully saturated rings. The van der Waals surface area contributed by atoms with Crippen molar-refractivity contribution in [1.29, 1.82) is 0 Å². The van der Waals surface area contributed by atoms with Gasteiger partial charge in [0, 0.05) is 0 Å². The first-order valence-electron chi connectivity index (χ1n) is 15.6. The fourth-order valence-corrected chi connectivity index (χ4v) is 6.31. The number of hydrogen-bond donors (Lipinski definition) is 0. The van der Waals surface area contributed by atoms with Crippen molar-refractivity contribution in [2.45, 2.75) is 110 Å². The molecular weight excluding hydrogens is 484 g/mol. The summed E-state index contributed by atoms with van der Waals surface area (Å²) in [7, 11) is 0. The first-order valence-corrected chi connectivity index (χ1v) is 15.6. The molecule has 0 spiro atoms. The van der Waals surface area contributed by atoms with E-state index in [2.05, 4.69) is 38.1 Å². The third kappa shape index (κ3) is 9.22. The van der Waals surface area contributed by atoms with Gasteiger partial charge < -0.3 is 9.47 Å². The fourth-order valence-electron chi connectivity index (χ4n) is 6.31.